The van der Waals surface area contributed by atoms with E-state index in [9.17, 15) is 9.59 Å². The lowest BCUT2D eigenvalue weighted by atomic mass is 10.1. The van der Waals surface area contributed by atoms with E-state index in [1.54, 1.807) is 36.4 Å². The number of amides is 2. The zero-order valence-corrected chi connectivity index (χ0v) is 20.9. The molecule has 1 aliphatic rings. The minimum absolute atomic E-state index is 0.331. The fourth-order valence-electron chi connectivity index (χ4n) is 3.70. The number of halogens is 2. The standard InChI is InChI=1S/C27H17BrClNO3S/c28-22-13-18(15-24-26(31)30(27(32)34-24)21-8-2-1-3-9-21)14-23(29)25(22)33-16-17-10-11-19-6-4-5-7-20(19)12-17/h1-15H,16H2/b24-15-. The lowest BCUT2D eigenvalue weighted by Gasteiger charge is -2.12. The third-order valence-electron chi connectivity index (χ3n) is 5.32. The van der Waals surface area contributed by atoms with Crippen molar-refractivity contribution in [3.63, 3.8) is 0 Å². The Hall–Kier alpha value is -3.06. The van der Waals surface area contributed by atoms with Gasteiger partial charge in [0.25, 0.3) is 11.1 Å². The number of anilines is 1. The minimum atomic E-state index is -0.356. The van der Waals surface area contributed by atoms with E-state index in [2.05, 4.69) is 40.2 Å². The molecule has 7 heteroatoms. The van der Waals surface area contributed by atoms with Crippen molar-refractivity contribution in [2.75, 3.05) is 4.90 Å². The summed E-state index contributed by atoms with van der Waals surface area (Å²) >= 11 is 11.0. The lowest BCUT2D eigenvalue weighted by molar-refractivity contribution is -0.113. The van der Waals surface area contributed by atoms with Crippen molar-refractivity contribution in [1.82, 2.24) is 0 Å². The van der Waals surface area contributed by atoms with E-state index in [-0.39, 0.29) is 11.1 Å². The molecule has 168 valence electrons. The van der Waals surface area contributed by atoms with E-state index in [0.29, 0.717) is 38.0 Å². The second-order valence-corrected chi connectivity index (χ2v) is 9.89. The zero-order valence-electron chi connectivity index (χ0n) is 17.7. The molecule has 0 atom stereocenters. The van der Waals surface area contributed by atoms with Crippen LogP contribution in [0.5, 0.6) is 5.75 Å². The first-order valence-corrected chi connectivity index (χ1v) is 12.4. The summed E-state index contributed by atoms with van der Waals surface area (Å²) in [6.45, 7) is 0.360. The van der Waals surface area contributed by atoms with E-state index >= 15 is 0 Å². The smallest absolute Gasteiger partial charge is 0.298 e. The fraction of sp³-hybridized carbons (Fsp3) is 0.0370. The maximum absolute atomic E-state index is 12.9. The Balaban J connectivity index is 1.35. The number of benzene rings is 4. The zero-order chi connectivity index (χ0) is 23.7. The third-order valence-corrected chi connectivity index (χ3v) is 7.06. The Morgan fingerprint density at radius 1 is 0.912 bits per heavy atom. The van der Waals surface area contributed by atoms with Gasteiger partial charge in [0, 0.05) is 0 Å². The van der Waals surface area contributed by atoms with Gasteiger partial charge in [-0.1, -0.05) is 66.2 Å². The second kappa shape index (κ2) is 9.66. The van der Waals surface area contributed by atoms with Crippen LogP contribution in [0, 0.1) is 0 Å². The first kappa shape index (κ1) is 22.7. The number of fused-ring (bicyclic) bond motifs is 1. The summed E-state index contributed by atoms with van der Waals surface area (Å²) in [6, 6.07) is 26.8. The molecule has 4 aromatic carbocycles. The molecule has 0 unspecified atom stereocenters. The predicted octanol–water partition coefficient (Wildman–Crippen LogP) is 8.08. The molecule has 0 spiro atoms. The molecular formula is C27H17BrClNO3S. The summed E-state index contributed by atoms with van der Waals surface area (Å²) in [6.07, 6.45) is 1.66. The molecular weight excluding hydrogens is 534 g/mol. The van der Waals surface area contributed by atoms with Gasteiger partial charge in [0.1, 0.15) is 6.61 Å². The highest BCUT2D eigenvalue weighted by molar-refractivity contribution is 9.10. The second-order valence-electron chi connectivity index (χ2n) is 7.64. The van der Waals surface area contributed by atoms with Crippen LogP contribution in [0.2, 0.25) is 5.02 Å². The average Bonchev–Trinajstić information content (AvgIpc) is 3.11. The molecule has 4 aromatic rings. The SMILES string of the molecule is O=C1S/C(=C\c2cc(Cl)c(OCc3ccc4ccccc4c3)c(Br)c2)C(=O)N1c1ccccc1. The van der Waals surface area contributed by atoms with Crippen LogP contribution in [0.25, 0.3) is 16.8 Å². The van der Waals surface area contributed by atoms with Gasteiger partial charge >= 0.3 is 0 Å². The highest BCUT2D eigenvalue weighted by Crippen LogP contribution is 2.39. The van der Waals surface area contributed by atoms with Gasteiger partial charge in [-0.15, -0.1) is 0 Å². The van der Waals surface area contributed by atoms with E-state index < -0.39 is 0 Å². The Bertz CT molecular complexity index is 1430. The molecule has 0 radical (unpaired) electrons. The molecule has 4 nitrogen and oxygen atoms in total. The molecule has 1 fully saturated rings. The van der Waals surface area contributed by atoms with Gasteiger partial charge in [-0.05, 0) is 86.0 Å². The first-order chi connectivity index (χ1) is 16.5. The summed E-state index contributed by atoms with van der Waals surface area (Å²) in [5, 5.41) is 2.40. The Kier molecular flexibility index (Phi) is 6.46. The van der Waals surface area contributed by atoms with Crippen LogP contribution in [-0.2, 0) is 11.4 Å². The molecule has 1 saturated heterocycles. The van der Waals surface area contributed by atoms with Gasteiger partial charge in [-0.2, -0.15) is 0 Å². The van der Waals surface area contributed by atoms with Crippen LogP contribution >= 0.6 is 39.3 Å². The molecule has 0 aliphatic carbocycles. The number of nitrogens with zero attached hydrogens (tertiary/aromatic N) is 1. The minimum Gasteiger partial charge on any atom is -0.486 e. The summed E-state index contributed by atoms with van der Waals surface area (Å²) < 4.78 is 6.67. The number of ether oxygens (including phenoxy) is 1. The van der Waals surface area contributed by atoms with Gasteiger partial charge in [-0.25, -0.2) is 4.90 Å². The normalized spacial score (nSPS) is 14.9. The topological polar surface area (TPSA) is 46.6 Å². The van der Waals surface area contributed by atoms with Crippen molar-refractivity contribution < 1.29 is 14.3 Å². The first-order valence-electron chi connectivity index (χ1n) is 10.4. The highest BCUT2D eigenvalue weighted by Gasteiger charge is 2.36. The van der Waals surface area contributed by atoms with Crippen LogP contribution in [0.15, 0.2) is 94.3 Å². The van der Waals surface area contributed by atoms with Gasteiger partial charge in [-0.3, -0.25) is 9.59 Å². The van der Waals surface area contributed by atoms with Crippen molar-refractivity contribution in [2.24, 2.45) is 0 Å². The van der Waals surface area contributed by atoms with E-state index in [1.807, 2.05) is 30.3 Å². The number of para-hydroxylation sites is 1. The van der Waals surface area contributed by atoms with Gasteiger partial charge in [0.15, 0.2) is 5.75 Å². The number of hydrogen-bond donors (Lipinski definition) is 0. The van der Waals surface area contributed by atoms with Gasteiger partial charge in [0.05, 0.1) is 20.1 Å². The maximum Gasteiger partial charge on any atom is 0.298 e. The Morgan fingerprint density at radius 3 is 2.41 bits per heavy atom. The van der Waals surface area contributed by atoms with E-state index in [1.165, 1.54) is 10.3 Å². The Labute approximate surface area is 214 Å². The molecule has 0 saturated carbocycles. The molecule has 1 aliphatic heterocycles. The van der Waals surface area contributed by atoms with Crippen LogP contribution in [0.1, 0.15) is 11.1 Å². The summed E-state index contributed by atoms with van der Waals surface area (Å²) in [4.78, 5) is 26.8. The van der Waals surface area contributed by atoms with Crippen molar-refractivity contribution in [3.05, 3.63) is 110 Å². The van der Waals surface area contributed by atoms with Crippen LogP contribution in [0.4, 0.5) is 10.5 Å². The quantitative estimate of drug-likeness (QED) is 0.236. The monoisotopic (exact) mass is 549 g/mol. The van der Waals surface area contributed by atoms with Crippen LogP contribution in [-0.4, -0.2) is 11.1 Å². The van der Waals surface area contributed by atoms with Crippen molar-refractivity contribution in [2.45, 2.75) is 6.61 Å². The molecule has 1 heterocycles. The number of carbonyl (C=O) groups is 2. The summed E-state index contributed by atoms with van der Waals surface area (Å²) in [7, 11) is 0. The largest absolute Gasteiger partial charge is 0.486 e. The lowest BCUT2D eigenvalue weighted by Crippen LogP contribution is -2.27. The summed E-state index contributed by atoms with van der Waals surface area (Å²) in [5.41, 5.74) is 2.26. The van der Waals surface area contributed by atoms with E-state index in [0.717, 1.165) is 22.7 Å². The molecule has 2 amide bonds. The fourth-order valence-corrected chi connectivity index (χ4v) is 5.53. The molecule has 0 aromatic heterocycles. The molecule has 0 bridgehead atoms. The van der Waals surface area contributed by atoms with Gasteiger partial charge in [0.2, 0.25) is 0 Å². The maximum atomic E-state index is 12.9. The number of carbonyl (C=O) groups excluding carboxylic acids is 2. The van der Waals surface area contributed by atoms with E-state index in [4.69, 9.17) is 16.3 Å². The number of imide groups is 1. The van der Waals surface area contributed by atoms with Crippen molar-refractivity contribution >= 4 is 73.0 Å². The molecule has 5 rings (SSSR count). The number of rotatable bonds is 5. The molecule has 34 heavy (non-hydrogen) atoms. The summed E-state index contributed by atoms with van der Waals surface area (Å²) in [5.74, 6) is 0.162. The van der Waals surface area contributed by atoms with Crippen LogP contribution in [0.3, 0.4) is 0 Å². The van der Waals surface area contributed by atoms with Crippen LogP contribution < -0.4 is 9.64 Å². The Morgan fingerprint density at radius 2 is 1.65 bits per heavy atom. The van der Waals surface area contributed by atoms with Crippen molar-refractivity contribution in [3.8, 4) is 5.75 Å². The molecule has 0 N–H and O–H groups in total. The number of hydrogen-bond acceptors (Lipinski definition) is 4. The highest BCUT2D eigenvalue weighted by atomic mass is 79.9. The van der Waals surface area contributed by atoms with Gasteiger partial charge < -0.3 is 4.74 Å². The average molecular weight is 551 g/mol. The number of thioether (sulfide) groups is 1. The predicted molar refractivity (Wildman–Crippen MR) is 142 cm³/mol. The third kappa shape index (κ3) is 4.62. The van der Waals surface area contributed by atoms with Crippen molar-refractivity contribution in [1.29, 1.82) is 0 Å².